The Hall–Kier alpha value is -2.87. The van der Waals surface area contributed by atoms with Gasteiger partial charge in [0.05, 0.1) is 36.2 Å². The Kier molecular flexibility index (Phi) is 7.02. The number of esters is 1. The Morgan fingerprint density at radius 1 is 1.30 bits per heavy atom. The summed E-state index contributed by atoms with van der Waals surface area (Å²) in [5.74, 6) is 0.232. The van der Waals surface area contributed by atoms with Gasteiger partial charge in [-0.1, -0.05) is 13.0 Å². The van der Waals surface area contributed by atoms with Crippen molar-refractivity contribution in [2.75, 3.05) is 33.5 Å². The lowest BCUT2D eigenvalue weighted by Crippen LogP contribution is -2.40. The fraction of sp³-hybridized carbons (Fsp3) is 0.560. The molecule has 0 radical (unpaired) electrons. The number of hydrogen-bond donors (Lipinski definition) is 1. The molecule has 0 unspecified atom stereocenters. The van der Waals surface area contributed by atoms with E-state index in [4.69, 9.17) is 19.3 Å². The maximum absolute atomic E-state index is 12.9. The minimum absolute atomic E-state index is 0.0122. The fourth-order valence-electron chi connectivity index (χ4n) is 4.76. The van der Waals surface area contributed by atoms with E-state index >= 15 is 0 Å². The molecule has 1 spiro atoms. The first-order valence-corrected chi connectivity index (χ1v) is 11.7. The lowest BCUT2D eigenvalue weighted by atomic mass is 9.76. The first kappa shape index (κ1) is 23.3. The number of fused-ring (bicyclic) bond motifs is 1. The highest BCUT2D eigenvalue weighted by molar-refractivity contribution is 5.97. The Labute approximate surface area is 194 Å². The molecule has 1 aromatic heterocycles. The van der Waals surface area contributed by atoms with E-state index in [-0.39, 0.29) is 23.9 Å². The van der Waals surface area contributed by atoms with Crippen LogP contribution in [0.25, 0.3) is 0 Å². The summed E-state index contributed by atoms with van der Waals surface area (Å²) in [7, 11) is 1.57. The summed E-state index contributed by atoms with van der Waals surface area (Å²) in [5.41, 5.74) is 3.92. The second-order valence-electron chi connectivity index (χ2n) is 8.99. The second-order valence-corrected chi connectivity index (χ2v) is 8.99. The van der Waals surface area contributed by atoms with Crippen LogP contribution in [0.3, 0.4) is 0 Å². The number of benzene rings is 1. The number of aromatic nitrogens is 2. The van der Waals surface area contributed by atoms with Crippen LogP contribution in [0.1, 0.15) is 63.9 Å². The zero-order valence-corrected chi connectivity index (χ0v) is 19.7. The van der Waals surface area contributed by atoms with Crippen LogP contribution in [-0.2, 0) is 28.9 Å². The number of nitrogens with zero attached hydrogens (tertiary/aromatic N) is 2. The summed E-state index contributed by atoms with van der Waals surface area (Å²) in [4.78, 5) is 25.5. The summed E-state index contributed by atoms with van der Waals surface area (Å²) in [6.07, 6.45) is 3.97. The summed E-state index contributed by atoms with van der Waals surface area (Å²) in [6, 6.07) is 5.37. The van der Waals surface area contributed by atoms with Gasteiger partial charge in [-0.25, -0.2) is 4.79 Å². The standard InChI is InChI=1S/C25H33N3O5/c1-4-20-22-21(15-25(16-26-23(22)29)8-12-32-13-9-25)28(27-20)10-5-11-33-24(30)19-14-18(31-3)7-6-17(19)2/h6-7,14H,4-5,8-13,15-16H2,1-3H3,(H,26,29). The highest BCUT2D eigenvalue weighted by Gasteiger charge is 2.39. The highest BCUT2D eigenvalue weighted by atomic mass is 16.5. The van der Waals surface area contributed by atoms with Crippen LogP contribution in [0.4, 0.5) is 0 Å². The maximum atomic E-state index is 12.9. The van der Waals surface area contributed by atoms with E-state index in [0.29, 0.717) is 37.2 Å². The molecular weight excluding hydrogens is 422 g/mol. The number of rotatable bonds is 7. The lowest BCUT2D eigenvalue weighted by molar-refractivity contribution is 0.0152. The van der Waals surface area contributed by atoms with Crippen molar-refractivity contribution in [1.82, 2.24) is 15.1 Å². The summed E-state index contributed by atoms with van der Waals surface area (Å²) >= 11 is 0. The van der Waals surface area contributed by atoms with Crippen molar-refractivity contribution in [3.05, 3.63) is 46.3 Å². The molecule has 2 aliphatic rings. The monoisotopic (exact) mass is 455 g/mol. The van der Waals surface area contributed by atoms with E-state index in [9.17, 15) is 9.59 Å². The molecule has 33 heavy (non-hydrogen) atoms. The van der Waals surface area contributed by atoms with Gasteiger partial charge in [-0.15, -0.1) is 0 Å². The van der Waals surface area contributed by atoms with Gasteiger partial charge in [0.25, 0.3) is 5.91 Å². The minimum Gasteiger partial charge on any atom is -0.497 e. The second kappa shape index (κ2) is 9.95. The predicted octanol–water partition coefficient (Wildman–Crippen LogP) is 3.09. The van der Waals surface area contributed by atoms with Gasteiger partial charge in [0.1, 0.15) is 5.75 Å². The molecule has 1 aromatic carbocycles. The molecule has 8 nitrogen and oxygen atoms in total. The molecule has 1 fully saturated rings. The number of aryl methyl sites for hydroxylation is 3. The van der Waals surface area contributed by atoms with Crippen molar-refractivity contribution >= 4 is 11.9 Å². The van der Waals surface area contributed by atoms with E-state index in [1.807, 2.05) is 30.7 Å². The third-order valence-corrected chi connectivity index (χ3v) is 6.82. The normalized spacial score (nSPS) is 17.2. The Morgan fingerprint density at radius 2 is 2.09 bits per heavy atom. The van der Waals surface area contributed by atoms with E-state index in [1.165, 1.54) is 0 Å². The maximum Gasteiger partial charge on any atom is 0.338 e. The summed E-state index contributed by atoms with van der Waals surface area (Å²) < 4.78 is 18.3. The molecule has 2 aliphatic heterocycles. The fourth-order valence-corrected chi connectivity index (χ4v) is 4.76. The SMILES string of the molecule is CCc1nn(CCCOC(=O)c2cc(OC)ccc2C)c2c1C(=O)NCC1(CCOCC1)C2. The van der Waals surface area contributed by atoms with Gasteiger partial charge in [0, 0.05) is 32.7 Å². The molecule has 4 rings (SSSR count). The van der Waals surface area contributed by atoms with Gasteiger partial charge < -0.3 is 19.5 Å². The van der Waals surface area contributed by atoms with Crippen molar-refractivity contribution in [3.8, 4) is 5.75 Å². The van der Waals surface area contributed by atoms with Crippen LogP contribution in [-0.4, -0.2) is 55.1 Å². The van der Waals surface area contributed by atoms with Gasteiger partial charge in [-0.3, -0.25) is 9.48 Å². The number of ether oxygens (including phenoxy) is 3. The van der Waals surface area contributed by atoms with Gasteiger partial charge >= 0.3 is 5.97 Å². The average molecular weight is 456 g/mol. The van der Waals surface area contributed by atoms with Crippen LogP contribution in [0.5, 0.6) is 5.75 Å². The van der Waals surface area contributed by atoms with Crippen molar-refractivity contribution < 1.29 is 23.8 Å². The Bertz CT molecular complexity index is 1020. The highest BCUT2D eigenvalue weighted by Crippen LogP contribution is 2.37. The molecule has 2 aromatic rings. The Balaban J connectivity index is 1.45. The molecule has 1 amide bonds. The number of hydrogen-bond acceptors (Lipinski definition) is 6. The lowest BCUT2D eigenvalue weighted by Gasteiger charge is -2.36. The molecule has 1 N–H and O–H groups in total. The van der Waals surface area contributed by atoms with Crippen LogP contribution < -0.4 is 10.1 Å². The predicted molar refractivity (Wildman–Crippen MR) is 123 cm³/mol. The molecule has 0 atom stereocenters. The van der Waals surface area contributed by atoms with Gasteiger partial charge in [0.2, 0.25) is 0 Å². The van der Waals surface area contributed by atoms with E-state index in [1.54, 1.807) is 13.2 Å². The number of amides is 1. The van der Waals surface area contributed by atoms with Crippen LogP contribution in [0.2, 0.25) is 0 Å². The van der Waals surface area contributed by atoms with Crippen molar-refractivity contribution in [2.45, 2.75) is 52.5 Å². The number of methoxy groups -OCH3 is 1. The molecule has 1 saturated heterocycles. The van der Waals surface area contributed by atoms with Crippen LogP contribution in [0.15, 0.2) is 18.2 Å². The minimum atomic E-state index is -0.361. The number of nitrogens with one attached hydrogen (secondary N) is 1. The molecule has 0 bridgehead atoms. The van der Waals surface area contributed by atoms with Crippen molar-refractivity contribution in [3.63, 3.8) is 0 Å². The molecule has 0 saturated carbocycles. The third-order valence-electron chi connectivity index (χ3n) is 6.82. The van der Waals surface area contributed by atoms with Gasteiger partial charge in [-0.05, 0) is 55.7 Å². The number of carbonyl (C=O) groups is 2. The Morgan fingerprint density at radius 3 is 2.82 bits per heavy atom. The van der Waals surface area contributed by atoms with Gasteiger partial charge in [0.15, 0.2) is 0 Å². The van der Waals surface area contributed by atoms with Crippen molar-refractivity contribution in [1.29, 1.82) is 0 Å². The molecule has 8 heteroatoms. The first-order valence-electron chi connectivity index (χ1n) is 11.7. The average Bonchev–Trinajstić information content (AvgIpc) is 3.11. The van der Waals surface area contributed by atoms with Crippen LogP contribution in [0, 0.1) is 12.3 Å². The topological polar surface area (TPSA) is 91.7 Å². The van der Waals surface area contributed by atoms with E-state index in [0.717, 1.165) is 55.0 Å². The summed E-state index contributed by atoms with van der Waals surface area (Å²) in [5, 5.41) is 7.90. The third kappa shape index (κ3) is 4.90. The van der Waals surface area contributed by atoms with Crippen LogP contribution >= 0.6 is 0 Å². The molecule has 178 valence electrons. The number of carbonyl (C=O) groups excluding carboxylic acids is 2. The summed E-state index contributed by atoms with van der Waals surface area (Å²) in [6.45, 7) is 6.87. The molecule has 3 heterocycles. The molecule has 0 aliphatic carbocycles. The smallest absolute Gasteiger partial charge is 0.338 e. The van der Waals surface area contributed by atoms with Crippen molar-refractivity contribution in [2.24, 2.45) is 5.41 Å². The van der Waals surface area contributed by atoms with E-state index in [2.05, 4.69) is 5.32 Å². The first-order chi connectivity index (χ1) is 16.0. The van der Waals surface area contributed by atoms with Gasteiger partial charge in [-0.2, -0.15) is 5.10 Å². The zero-order chi connectivity index (χ0) is 23.4. The van der Waals surface area contributed by atoms with E-state index < -0.39 is 0 Å². The zero-order valence-electron chi connectivity index (χ0n) is 19.7. The largest absolute Gasteiger partial charge is 0.497 e. The molecular formula is C25H33N3O5. The quantitative estimate of drug-likeness (QED) is 0.510.